The van der Waals surface area contributed by atoms with Gasteiger partial charge in [-0.2, -0.15) is 8.78 Å². The van der Waals surface area contributed by atoms with Crippen LogP contribution >= 0.6 is 0 Å². The molecule has 9 heteroatoms. The van der Waals surface area contributed by atoms with Crippen LogP contribution in [0.25, 0.3) is 0 Å². The number of nitrogens with zero attached hydrogens (tertiary/aromatic N) is 4. The number of imide groups is 1. The summed E-state index contributed by atoms with van der Waals surface area (Å²) in [6.45, 7) is -1.62. The van der Waals surface area contributed by atoms with Crippen LogP contribution in [0, 0.1) is 0 Å². The van der Waals surface area contributed by atoms with Crippen molar-refractivity contribution >= 4 is 11.9 Å². The minimum atomic E-state index is -2.80. The van der Waals surface area contributed by atoms with Gasteiger partial charge in [0.05, 0.1) is 12.2 Å². The number of pyridine rings is 1. The van der Waals surface area contributed by atoms with E-state index in [9.17, 15) is 18.4 Å². The summed E-state index contributed by atoms with van der Waals surface area (Å²) < 4.78 is 26.3. The Labute approximate surface area is 129 Å². The van der Waals surface area contributed by atoms with E-state index in [1.807, 2.05) is 0 Å². The van der Waals surface area contributed by atoms with E-state index in [-0.39, 0.29) is 12.4 Å². The molecule has 1 atom stereocenters. The van der Waals surface area contributed by atoms with Gasteiger partial charge in [-0.15, -0.1) is 0 Å². The fourth-order valence-corrected chi connectivity index (χ4v) is 2.46. The molecule has 2 aromatic rings. The number of carbonyl (C=O) groups is 2. The third-order valence-electron chi connectivity index (χ3n) is 3.71. The van der Waals surface area contributed by atoms with Gasteiger partial charge < -0.3 is 5.32 Å². The summed E-state index contributed by atoms with van der Waals surface area (Å²) in [5.74, 6) is -0.640. The minimum absolute atomic E-state index is 0.0752. The van der Waals surface area contributed by atoms with Gasteiger partial charge in [0.2, 0.25) is 0 Å². The van der Waals surface area contributed by atoms with Crippen molar-refractivity contribution in [2.24, 2.45) is 0 Å². The van der Waals surface area contributed by atoms with E-state index in [0.29, 0.717) is 10.3 Å². The highest BCUT2D eigenvalue weighted by molar-refractivity contribution is 6.06. The van der Waals surface area contributed by atoms with Crippen LogP contribution in [0.4, 0.5) is 13.6 Å². The van der Waals surface area contributed by atoms with Crippen molar-refractivity contribution in [2.75, 3.05) is 0 Å². The Hall–Kier alpha value is -2.84. The van der Waals surface area contributed by atoms with Crippen molar-refractivity contribution in [1.29, 1.82) is 0 Å². The number of amides is 3. The van der Waals surface area contributed by atoms with Crippen LogP contribution in [0.1, 0.15) is 25.0 Å². The molecule has 3 amide bonds. The predicted octanol–water partition coefficient (Wildman–Crippen LogP) is 1.64. The average Bonchev–Trinajstić information content (AvgIpc) is 3.08. The maximum atomic E-state index is 12.9. The highest BCUT2D eigenvalue weighted by atomic mass is 19.3. The van der Waals surface area contributed by atoms with Crippen LogP contribution in [0.5, 0.6) is 0 Å². The molecule has 1 fully saturated rings. The molecule has 23 heavy (non-hydrogen) atoms. The van der Waals surface area contributed by atoms with Crippen LogP contribution in [-0.2, 0) is 16.9 Å². The Bertz CT molecular complexity index is 749. The molecule has 0 radical (unpaired) electrons. The van der Waals surface area contributed by atoms with Gasteiger partial charge in [-0.1, -0.05) is 6.07 Å². The number of nitrogens with one attached hydrogen (secondary N) is 1. The van der Waals surface area contributed by atoms with Crippen LogP contribution in [0.15, 0.2) is 36.8 Å². The van der Waals surface area contributed by atoms with E-state index in [4.69, 9.17) is 0 Å². The molecular weight excluding hydrogens is 308 g/mol. The molecule has 2 aromatic heterocycles. The quantitative estimate of drug-likeness (QED) is 0.868. The first-order chi connectivity index (χ1) is 10.9. The molecule has 0 unspecified atom stereocenters. The Morgan fingerprint density at radius 2 is 2.04 bits per heavy atom. The monoisotopic (exact) mass is 321 g/mol. The second-order valence-electron chi connectivity index (χ2n) is 5.19. The first kappa shape index (κ1) is 15.1. The number of hydrogen-bond donors (Lipinski definition) is 1. The lowest BCUT2D eigenvalue weighted by Gasteiger charge is -2.20. The molecule has 120 valence electrons. The topological polar surface area (TPSA) is 80.1 Å². The molecular formula is C14H13F2N5O2. The molecule has 0 aromatic carbocycles. The zero-order chi connectivity index (χ0) is 16.6. The second kappa shape index (κ2) is 5.41. The number of rotatable bonds is 4. The number of urea groups is 1. The Morgan fingerprint density at radius 1 is 1.26 bits per heavy atom. The summed E-state index contributed by atoms with van der Waals surface area (Å²) in [4.78, 5) is 33.5. The molecule has 3 heterocycles. The van der Waals surface area contributed by atoms with Gasteiger partial charge in [0.25, 0.3) is 5.91 Å². The molecule has 1 aliphatic heterocycles. The number of imidazole rings is 1. The summed E-state index contributed by atoms with van der Waals surface area (Å²) in [5, 5.41) is 2.56. The van der Waals surface area contributed by atoms with Gasteiger partial charge in [-0.05, 0) is 19.1 Å². The Kier molecular flexibility index (Phi) is 3.55. The van der Waals surface area contributed by atoms with Crippen molar-refractivity contribution in [2.45, 2.75) is 25.6 Å². The van der Waals surface area contributed by atoms with Crippen molar-refractivity contribution in [1.82, 2.24) is 24.8 Å². The first-order valence-electron chi connectivity index (χ1n) is 6.79. The van der Waals surface area contributed by atoms with Crippen LogP contribution < -0.4 is 5.32 Å². The van der Waals surface area contributed by atoms with Gasteiger partial charge in [0.15, 0.2) is 5.54 Å². The number of aromatic nitrogens is 3. The van der Waals surface area contributed by atoms with E-state index in [1.54, 1.807) is 18.2 Å². The SMILES string of the molecule is C[C@@]1(c2ccccn2)NC(=O)N(Cc2nccn2C(F)F)C1=O. The molecule has 1 N–H and O–H groups in total. The molecule has 1 saturated heterocycles. The fourth-order valence-electron chi connectivity index (χ4n) is 2.46. The van der Waals surface area contributed by atoms with Crippen LogP contribution in [-0.4, -0.2) is 31.4 Å². The lowest BCUT2D eigenvalue weighted by Crippen LogP contribution is -2.41. The Morgan fingerprint density at radius 3 is 2.70 bits per heavy atom. The molecule has 0 bridgehead atoms. The van der Waals surface area contributed by atoms with E-state index >= 15 is 0 Å². The zero-order valence-electron chi connectivity index (χ0n) is 12.1. The van der Waals surface area contributed by atoms with Gasteiger partial charge >= 0.3 is 12.6 Å². The van der Waals surface area contributed by atoms with E-state index < -0.39 is 24.0 Å². The highest BCUT2D eigenvalue weighted by Gasteiger charge is 2.50. The summed E-state index contributed by atoms with van der Waals surface area (Å²) in [5.41, 5.74) is -0.960. The zero-order valence-corrected chi connectivity index (χ0v) is 12.1. The molecule has 0 spiro atoms. The maximum absolute atomic E-state index is 12.9. The second-order valence-corrected chi connectivity index (χ2v) is 5.19. The van der Waals surface area contributed by atoms with Gasteiger partial charge in [0, 0.05) is 18.6 Å². The lowest BCUT2D eigenvalue weighted by atomic mass is 9.97. The summed E-state index contributed by atoms with van der Waals surface area (Å²) in [6.07, 6.45) is 3.79. The smallest absolute Gasteiger partial charge is 0.318 e. The largest absolute Gasteiger partial charge is 0.325 e. The summed E-state index contributed by atoms with van der Waals surface area (Å²) in [7, 11) is 0. The van der Waals surface area contributed by atoms with Crippen molar-refractivity contribution in [3.8, 4) is 0 Å². The molecule has 0 aliphatic carbocycles. The van der Waals surface area contributed by atoms with Crippen molar-refractivity contribution in [3.05, 3.63) is 48.3 Å². The molecule has 0 saturated carbocycles. The molecule has 3 rings (SSSR count). The number of halogens is 2. The van der Waals surface area contributed by atoms with E-state index in [2.05, 4.69) is 15.3 Å². The third-order valence-corrected chi connectivity index (χ3v) is 3.71. The molecule has 1 aliphatic rings. The number of alkyl halides is 2. The van der Waals surface area contributed by atoms with Crippen molar-refractivity contribution in [3.63, 3.8) is 0 Å². The maximum Gasteiger partial charge on any atom is 0.325 e. The fraction of sp³-hybridized carbons (Fsp3) is 0.286. The lowest BCUT2D eigenvalue weighted by molar-refractivity contribution is -0.131. The average molecular weight is 321 g/mol. The predicted molar refractivity (Wildman–Crippen MR) is 74.2 cm³/mol. The van der Waals surface area contributed by atoms with Gasteiger partial charge in [-0.3, -0.25) is 19.2 Å². The van der Waals surface area contributed by atoms with E-state index in [0.717, 1.165) is 11.1 Å². The van der Waals surface area contributed by atoms with E-state index in [1.165, 1.54) is 19.3 Å². The highest BCUT2D eigenvalue weighted by Crippen LogP contribution is 2.28. The number of carbonyl (C=O) groups excluding carboxylic acids is 2. The molecule has 7 nitrogen and oxygen atoms in total. The summed E-state index contributed by atoms with van der Waals surface area (Å²) >= 11 is 0. The standard InChI is InChI=1S/C14H13F2N5O2/c1-14(9-4-2-3-5-17-9)11(22)21(13(23)19-14)8-10-18-6-7-20(10)12(15)16/h2-7,12H,8H2,1H3,(H,19,23)/t14-/m0/s1. The van der Waals surface area contributed by atoms with Gasteiger partial charge in [-0.25, -0.2) is 9.78 Å². The van der Waals surface area contributed by atoms with Crippen molar-refractivity contribution < 1.29 is 18.4 Å². The third kappa shape index (κ3) is 2.43. The van der Waals surface area contributed by atoms with Crippen LogP contribution in [0.2, 0.25) is 0 Å². The van der Waals surface area contributed by atoms with Gasteiger partial charge in [0.1, 0.15) is 5.82 Å². The minimum Gasteiger partial charge on any atom is -0.318 e. The number of hydrogen-bond acceptors (Lipinski definition) is 4. The Balaban J connectivity index is 1.89. The first-order valence-corrected chi connectivity index (χ1v) is 6.79. The summed E-state index contributed by atoms with van der Waals surface area (Å²) in [6, 6.07) is 4.32. The van der Waals surface area contributed by atoms with Crippen LogP contribution in [0.3, 0.4) is 0 Å². The normalized spacial score (nSPS) is 21.1.